The lowest BCUT2D eigenvalue weighted by atomic mass is 10.1. The van der Waals surface area contributed by atoms with Crippen LogP contribution in [0.15, 0.2) is 51.4 Å². The summed E-state index contributed by atoms with van der Waals surface area (Å²) >= 11 is 6.81. The first kappa shape index (κ1) is 15.3. The highest BCUT2D eigenvalue weighted by Gasteiger charge is 2.17. The van der Waals surface area contributed by atoms with Crippen molar-refractivity contribution in [3.05, 3.63) is 62.5 Å². The quantitative estimate of drug-likeness (QED) is 0.665. The van der Waals surface area contributed by atoms with Crippen molar-refractivity contribution < 1.29 is 9.53 Å². The average Bonchev–Trinajstić information content (AvgIpc) is 2.42. The molecule has 0 amide bonds. The molecule has 20 heavy (non-hydrogen) atoms. The highest BCUT2D eigenvalue weighted by Crippen LogP contribution is 2.29. The van der Waals surface area contributed by atoms with Crippen LogP contribution in [0.4, 0.5) is 0 Å². The van der Waals surface area contributed by atoms with Crippen molar-refractivity contribution in [2.24, 2.45) is 0 Å². The van der Waals surface area contributed by atoms with Crippen LogP contribution in [0, 0.1) is 6.92 Å². The maximum absolute atomic E-state index is 12.3. The highest BCUT2D eigenvalue weighted by molar-refractivity contribution is 9.11. The maximum Gasteiger partial charge on any atom is 0.202 e. The molecule has 0 aliphatic rings. The molecule has 2 aromatic rings. The van der Waals surface area contributed by atoms with Crippen LogP contribution in [0.5, 0.6) is 5.75 Å². The molecule has 1 unspecified atom stereocenters. The topological polar surface area (TPSA) is 26.3 Å². The Morgan fingerprint density at radius 2 is 1.75 bits per heavy atom. The number of ether oxygens (including phenoxy) is 1. The van der Waals surface area contributed by atoms with Crippen LogP contribution in [0.25, 0.3) is 0 Å². The third-order valence-corrected chi connectivity index (χ3v) is 4.02. The van der Waals surface area contributed by atoms with Crippen LogP contribution < -0.4 is 4.74 Å². The third-order valence-electron chi connectivity index (χ3n) is 2.90. The summed E-state index contributed by atoms with van der Waals surface area (Å²) in [7, 11) is 0. The molecule has 0 heterocycles. The minimum Gasteiger partial charge on any atom is -0.481 e. The summed E-state index contributed by atoms with van der Waals surface area (Å²) in [4.78, 5) is 12.3. The van der Waals surface area contributed by atoms with Gasteiger partial charge in [0.1, 0.15) is 5.75 Å². The summed E-state index contributed by atoms with van der Waals surface area (Å²) in [6.07, 6.45) is -0.532. The molecule has 2 aromatic carbocycles. The van der Waals surface area contributed by atoms with Gasteiger partial charge in [-0.3, -0.25) is 4.79 Å². The fourth-order valence-corrected chi connectivity index (χ4v) is 2.91. The molecule has 2 nitrogen and oxygen atoms in total. The molecule has 0 aliphatic carbocycles. The summed E-state index contributed by atoms with van der Waals surface area (Å²) < 4.78 is 7.50. The van der Waals surface area contributed by atoms with E-state index in [4.69, 9.17) is 4.74 Å². The highest BCUT2D eigenvalue weighted by atomic mass is 79.9. The Labute approximate surface area is 135 Å². The fraction of sp³-hybridized carbons (Fsp3) is 0.188. The molecule has 0 radical (unpaired) electrons. The molecule has 2 rings (SSSR count). The molecule has 0 aromatic heterocycles. The predicted molar refractivity (Wildman–Crippen MR) is 87.4 cm³/mol. The smallest absolute Gasteiger partial charge is 0.202 e. The number of aryl methyl sites for hydroxylation is 1. The number of Topliss-reactive ketones (excluding diaryl/α,β-unsaturated/α-hetero) is 1. The van der Waals surface area contributed by atoms with Crippen molar-refractivity contribution in [3.63, 3.8) is 0 Å². The van der Waals surface area contributed by atoms with Gasteiger partial charge >= 0.3 is 0 Å². The lowest BCUT2D eigenvalue weighted by Crippen LogP contribution is -2.24. The molecule has 1 atom stereocenters. The summed E-state index contributed by atoms with van der Waals surface area (Å²) in [6, 6.07) is 13.1. The molecule has 0 bridgehead atoms. The van der Waals surface area contributed by atoms with E-state index in [1.165, 1.54) is 0 Å². The van der Waals surface area contributed by atoms with E-state index < -0.39 is 6.10 Å². The minimum atomic E-state index is -0.532. The van der Waals surface area contributed by atoms with Crippen molar-refractivity contribution in [2.45, 2.75) is 20.0 Å². The molecule has 0 spiro atoms. The molecule has 0 saturated heterocycles. The number of halogens is 2. The molecule has 0 saturated carbocycles. The Bertz CT molecular complexity index is 621. The van der Waals surface area contributed by atoms with Gasteiger partial charge in [-0.1, -0.05) is 45.8 Å². The Morgan fingerprint density at radius 3 is 2.35 bits per heavy atom. The number of rotatable bonds is 4. The largest absolute Gasteiger partial charge is 0.481 e. The lowest BCUT2D eigenvalue weighted by Gasteiger charge is -2.15. The second-order valence-electron chi connectivity index (χ2n) is 4.57. The summed E-state index contributed by atoms with van der Waals surface area (Å²) in [5, 5.41) is 0. The van der Waals surface area contributed by atoms with Gasteiger partial charge in [-0.05, 0) is 48.0 Å². The zero-order valence-electron chi connectivity index (χ0n) is 11.2. The molecule has 4 heteroatoms. The number of hydrogen-bond donors (Lipinski definition) is 0. The van der Waals surface area contributed by atoms with Crippen LogP contribution in [0.2, 0.25) is 0 Å². The Morgan fingerprint density at radius 1 is 1.10 bits per heavy atom. The van der Waals surface area contributed by atoms with Gasteiger partial charge < -0.3 is 4.74 Å². The van der Waals surface area contributed by atoms with E-state index in [0.29, 0.717) is 11.3 Å². The molecule has 0 N–H and O–H groups in total. The van der Waals surface area contributed by atoms with Gasteiger partial charge in [0, 0.05) is 10.0 Å². The van der Waals surface area contributed by atoms with E-state index in [1.54, 1.807) is 6.92 Å². The number of benzene rings is 2. The normalized spacial score (nSPS) is 12.0. The average molecular weight is 398 g/mol. The van der Waals surface area contributed by atoms with Gasteiger partial charge in [-0.15, -0.1) is 0 Å². The Hall–Kier alpha value is -1.13. The van der Waals surface area contributed by atoms with E-state index in [9.17, 15) is 4.79 Å². The summed E-state index contributed by atoms with van der Waals surface area (Å²) in [5.41, 5.74) is 1.79. The molecule has 0 aliphatic heterocycles. The maximum atomic E-state index is 12.3. The van der Waals surface area contributed by atoms with Crippen molar-refractivity contribution in [1.82, 2.24) is 0 Å². The monoisotopic (exact) mass is 396 g/mol. The Kier molecular flexibility index (Phi) is 5.00. The van der Waals surface area contributed by atoms with Crippen molar-refractivity contribution >= 4 is 37.6 Å². The van der Waals surface area contributed by atoms with Crippen molar-refractivity contribution in [1.29, 1.82) is 0 Å². The first-order valence-corrected chi connectivity index (χ1v) is 7.78. The van der Waals surface area contributed by atoms with Crippen LogP contribution in [-0.2, 0) is 0 Å². The predicted octanol–water partition coefficient (Wildman–Crippen LogP) is 5.17. The van der Waals surface area contributed by atoms with Crippen LogP contribution >= 0.6 is 31.9 Å². The Balaban J connectivity index is 2.13. The fourth-order valence-electron chi connectivity index (χ4n) is 1.77. The zero-order valence-corrected chi connectivity index (χ0v) is 14.4. The van der Waals surface area contributed by atoms with E-state index in [0.717, 1.165) is 14.5 Å². The lowest BCUT2D eigenvalue weighted by molar-refractivity contribution is 0.0817. The molecule has 104 valence electrons. The van der Waals surface area contributed by atoms with Crippen LogP contribution in [0.1, 0.15) is 22.8 Å². The summed E-state index contributed by atoms with van der Waals surface area (Å²) in [5.74, 6) is 0.626. The summed E-state index contributed by atoms with van der Waals surface area (Å²) in [6.45, 7) is 3.75. The van der Waals surface area contributed by atoms with E-state index >= 15 is 0 Å². The number of carbonyl (C=O) groups is 1. The van der Waals surface area contributed by atoms with Gasteiger partial charge in [-0.25, -0.2) is 0 Å². The minimum absolute atomic E-state index is 0.0279. The molecular weight excluding hydrogens is 384 g/mol. The number of ketones is 1. The number of hydrogen-bond acceptors (Lipinski definition) is 2. The second kappa shape index (κ2) is 6.55. The molecular formula is C16H14Br2O2. The van der Waals surface area contributed by atoms with Crippen LogP contribution in [-0.4, -0.2) is 11.9 Å². The van der Waals surface area contributed by atoms with Crippen molar-refractivity contribution in [3.8, 4) is 5.75 Å². The van der Waals surface area contributed by atoms with Gasteiger partial charge in [-0.2, -0.15) is 0 Å². The standard InChI is InChI=1S/C16H14Br2O2/c1-10-3-5-12(6-4-10)16(19)11(2)20-15-8-7-13(17)9-14(15)18/h3-9,11H,1-2H3. The zero-order chi connectivity index (χ0) is 14.7. The van der Waals surface area contributed by atoms with Gasteiger partial charge in [0.25, 0.3) is 0 Å². The SMILES string of the molecule is Cc1ccc(C(=O)C(C)Oc2ccc(Br)cc2Br)cc1. The van der Waals surface area contributed by atoms with E-state index in [-0.39, 0.29) is 5.78 Å². The van der Waals surface area contributed by atoms with E-state index in [2.05, 4.69) is 31.9 Å². The van der Waals surface area contributed by atoms with Crippen molar-refractivity contribution in [2.75, 3.05) is 0 Å². The van der Waals surface area contributed by atoms with Crippen LogP contribution in [0.3, 0.4) is 0 Å². The van der Waals surface area contributed by atoms with Gasteiger partial charge in [0.2, 0.25) is 5.78 Å². The molecule has 0 fully saturated rings. The van der Waals surface area contributed by atoms with Gasteiger partial charge in [0.05, 0.1) is 4.47 Å². The van der Waals surface area contributed by atoms with Gasteiger partial charge in [0.15, 0.2) is 6.10 Å². The van der Waals surface area contributed by atoms with E-state index in [1.807, 2.05) is 49.4 Å². The first-order valence-electron chi connectivity index (χ1n) is 6.20. The first-order chi connectivity index (χ1) is 9.47. The second-order valence-corrected chi connectivity index (χ2v) is 6.34. The third kappa shape index (κ3) is 3.70. The number of carbonyl (C=O) groups excluding carboxylic acids is 1.